The number of hydroxylamine groups is 2. The smallest absolute Gasteiger partial charge is 0.320 e. The summed E-state index contributed by atoms with van der Waals surface area (Å²) in [6.07, 6.45) is 4.91. The lowest BCUT2D eigenvalue weighted by molar-refractivity contribution is -0.153. The van der Waals surface area contributed by atoms with Crippen LogP contribution in [-0.2, 0) is 16.6 Å². The van der Waals surface area contributed by atoms with Gasteiger partial charge in [-0.2, -0.15) is 15.3 Å². The maximum Gasteiger partial charge on any atom is 0.320 e. The number of aryl methyl sites for hydroxylation is 1. The summed E-state index contributed by atoms with van der Waals surface area (Å²) in [5.74, 6) is 0.565. The van der Waals surface area contributed by atoms with Crippen molar-refractivity contribution in [2.45, 2.75) is 19.1 Å². The van der Waals surface area contributed by atoms with Gasteiger partial charge in [-0.1, -0.05) is 29.8 Å². The maximum absolute atomic E-state index is 13.3. The third-order valence-electron chi connectivity index (χ3n) is 6.00. The van der Waals surface area contributed by atoms with Gasteiger partial charge in [0.15, 0.2) is 4.47 Å². The van der Waals surface area contributed by atoms with E-state index in [2.05, 4.69) is 20.7 Å². The van der Waals surface area contributed by atoms with E-state index in [1.807, 2.05) is 50.5 Å². The number of urea groups is 1. The van der Waals surface area contributed by atoms with Gasteiger partial charge in [-0.25, -0.2) is 14.5 Å². The summed E-state index contributed by atoms with van der Waals surface area (Å²) in [7, 11) is 3.49. The van der Waals surface area contributed by atoms with Gasteiger partial charge in [0.25, 0.3) is 0 Å². The highest BCUT2D eigenvalue weighted by atomic mass is 35.5. The van der Waals surface area contributed by atoms with Crippen LogP contribution >= 0.6 is 22.9 Å². The zero-order valence-electron chi connectivity index (χ0n) is 20.6. The molecule has 1 fully saturated rings. The minimum absolute atomic E-state index is 0.334. The Morgan fingerprint density at radius 1 is 1.30 bits per heavy atom. The molecule has 11 nitrogen and oxygen atoms in total. The quantitative estimate of drug-likeness (QED) is 0.348. The van der Waals surface area contributed by atoms with E-state index in [4.69, 9.17) is 26.3 Å². The molecule has 0 unspecified atom stereocenters. The number of anilines is 1. The van der Waals surface area contributed by atoms with Crippen LogP contribution in [0.25, 0.3) is 16.9 Å². The minimum Gasteiger partial charge on any atom is -0.383 e. The highest BCUT2D eigenvalue weighted by Crippen LogP contribution is 2.34. The molecule has 2 N–H and O–H groups in total. The molecule has 5 rings (SSSR count). The number of hydrogen-bond donors (Lipinski definition) is 2. The molecule has 2 atom stereocenters. The fraction of sp³-hybridized carbons (Fsp3) is 0.333. The average Bonchev–Trinajstić information content (AvgIpc) is 3.67. The maximum atomic E-state index is 13.3. The Labute approximate surface area is 222 Å². The number of para-hydroxylation sites is 1. The molecule has 0 radical (unpaired) electrons. The second kappa shape index (κ2) is 11.0. The Morgan fingerprint density at radius 3 is 2.78 bits per heavy atom. The van der Waals surface area contributed by atoms with Gasteiger partial charge in [0.05, 0.1) is 29.4 Å². The molecule has 13 heteroatoms. The van der Waals surface area contributed by atoms with Gasteiger partial charge in [0.1, 0.15) is 17.6 Å². The number of nitrogens with zero attached hydrogens (tertiary/aromatic N) is 6. The summed E-state index contributed by atoms with van der Waals surface area (Å²) in [4.78, 5) is 24.4. The molecular weight excluding hydrogens is 516 g/mol. The summed E-state index contributed by atoms with van der Waals surface area (Å²) >= 11 is 7.40. The first-order valence-corrected chi connectivity index (χ1v) is 12.9. The van der Waals surface area contributed by atoms with Gasteiger partial charge >= 0.3 is 6.03 Å². The number of aromatic nitrogens is 5. The molecule has 1 aromatic carbocycles. The lowest BCUT2D eigenvalue weighted by Crippen LogP contribution is -2.42. The van der Waals surface area contributed by atoms with Crippen LogP contribution in [0.15, 0.2) is 48.9 Å². The predicted octanol–water partition coefficient (Wildman–Crippen LogP) is 3.82. The molecule has 4 aromatic rings. The van der Waals surface area contributed by atoms with Crippen molar-refractivity contribution in [1.29, 1.82) is 0 Å². The number of amides is 2. The number of hydrogen-bond acceptors (Lipinski definition) is 8. The van der Waals surface area contributed by atoms with E-state index >= 15 is 0 Å². The molecule has 0 bridgehead atoms. The average molecular weight is 543 g/mol. The van der Waals surface area contributed by atoms with Crippen molar-refractivity contribution in [3.05, 3.63) is 63.8 Å². The summed E-state index contributed by atoms with van der Waals surface area (Å²) < 4.78 is 9.05. The van der Waals surface area contributed by atoms with Crippen molar-refractivity contribution in [1.82, 2.24) is 34.9 Å². The summed E-state index contributed by atoms with van der Waals surface area (Å²) in [6.45, 7) is 3.47. The predicted molar refractivity (Wildman–Crippen MR) is 141 cm³/mol. The monoisotopic (exact) mass is 542 g/mol. The standard InChI is InChI=1S/C24H27ClN8O3S/c1-15-20(16-11-27-31(2)13-16)30-33(17-7-5-4-6-8-17)22(15)29-24(34)28-18-14-32(9-10-35-3)36-21(18)19-12-26-23(25)37-19/h4-8,11-13,18,21H,9-10,14H2,1-3H3,(H2,28,29,34)/t18-,21-/m1/s1. The van der Waals surface area contributed by atoms with E-state index in [1.54, 1.807) is 33.9 Å². The van der Waals surface area contributed by atoms with Crippen LogP contribution < -0.4 is 10.6 Å². The van der Waals surface area contributed by atoms with Crippen LogP contribution in [0, 0.1) is 6.92 Å². The van der Waals surface area contributed by atoms with Gasteiger partial charge in [-0.05, 0) is 19.1 Å². The van der Waals surface area contributed by atoms with E-state index in [1.165, 1.54) is 11.3 Å². The highest BCUT2D eigenvalue weighted by molar-refractivity contribution is 7.15. The Balaban J connectivity index is 1.40. The SMILES string of the molecule is COCCN1C[C@@H](NC(=O)Nc2c(C)c(-c3cnn(C)c3)nn2-c2ccccc2)[C@H](c2cnc(Cl)s2)O1. The Hall–Kier alpha value is -3.29. The van der Waals surface area contributed by atoms with E-state index in [9.17, 15) is 4.79 Å². The van der Waals surface area contributed by atoms with Crippen molar-refractivity contribution >= 4 is 34.8 Å². The lowest BCUT2D eigenvalue weighted by atomic mass is 10.1. The number of carbonyl (C=O) groups is 1. The summed E-state index contributed by atoms with van der Waals surface area (Å²) in [5, 5.41) is 17.0. The zero-order chi connectivity index (χ0) is 25.9. The fourth-order valence-electron chi connectivity index (χ4n) is 4.23. The molecular formula is C24H27ClN8O3S. The third kappa shape index (κ3) is 5.53. The lowest BCUT2D eigenvalue weighted by Gasteiger charge is -2.18. The molecule has 2 amide bonds. The number of halogens is 1. The first-order valence-electron chi connectivity index (χ1n) is 11.7. The molecule has 1 aliphatic rings. The van der Waals surface area contributed by atoms with Crippen molar-refractivity contribution in [2.24, 2.45) is 7.05 Å². The largest absolute Gasteiger partial charge is 0.383 e. The Morgan fingerprint density at radius 2 is 2.11 bits per heavy atom. The number of benzene rings is 1. The van der Waals surface area contributed by atoms with Gasteiger partial charge < -0.3 is 10.1 Å². The van der Waals surface area contributed by atoms with Crippen molar-refractivity contribution < 1.29 is 14.4 Å². The van der Waals surface area contributed by atoms with Crippen molar-refractivity contribution in [3.8, 4) is 16.9 Å². The van der Waals surface area contributed by atoms with Crippen LogP contribution in [0.4, 0.5) is 10.6 Å². The number of carbonyl (C=O) groups excluding carboxylic acids is 1. The molecule has 0 spiro atoms. The molecule has 1 aliphatic heterocycles. The van der Waals surface area contributed by atoms with Crippen molar-refractivity contribution in [2.75, 3.05) is 32.1 Å². The van der Waals surface area contributed by atoms with E-state index in [-0.39, 0.29) is 12.1 Å². The van der Waals surface area contributed by atoms with Crippen molar-refractivity contribution in [3.63, 3.8) is 0 Å². The number of ether oxygens (including phenoxy) is 1. The second-order valence-corrected chi connectivity index (χ2v) is 10.2. The fourth-order valence-corrected chi connectivity index (χ4v) is 5.27. The molecule has 0 aliphatic carbocycles. The number of nitrogens with one attached hydrogen (secondary N) is 2. The number of methoxy groups -OCH3 is 1. The Kier molecular flexibility index (Phi) is 7.53. The van der Waals surface area contributed by atoms with Crippen LogP contribution in [0.1, 0.15) is 16.5 Å². The highest BCUT2D eigenvalue weighted by Gasteiger charge is 2.38. The molecule has 1 saturated heterocycles. The van der Waals surface area contributed by atoms with Gasteiger partial charge in [0.2, 0.25) is 0 Å². The van der Waals surface area contributed by atoms with Crippen LogP contribution in [0.2, 0.25) is 4.47 Å². The van der Waals surface area contributed by atoms with Gasteiger partial charge in [-0.15, -0.1) is 11.3 Å². The van der Waals surface area contributed by atoms with E-state index < -0.39 is 6.10 Å². The van der Waals surface area contributed by atoms with Crippen LogP contribution in [-0.4, -0.2) is 68.5 Å². The third-order valence-corrected chi connectivity index (χ3v) is 7.18. The number of thiazole rings is 1. The van der Waals surface area contributed by atoms with E-state index in [0.29, 0.717) is 30.0 Å². The molecule has 37 heavy (non-hydrogen) atoms. The molecule has 3 aromatic heterocycles. The number of rotatable bonds is 8. The normalized spacial score (nSPS) is 17.8. The Bertz CT molecular complexity index is 1370. The van der Waals surface area contributed by atoms with E-state index in [0.717, 1.165) is 27.4 Å². The molecule has 194 valence electrons. The second-order valence-electron chi connectivity index (χ2n) is 8.60. The summed E-state index contributed by atoms with van der Waals surface area (Å²) in [6, 6.07) is 8.95. The first kappa shape index (κ1) is 25.4. The van der Waals surface area contributed by atoms with Crippen LogP contribution in [0.5, 0.6) is 0 Å². The van der Waals surface area contributed by atoms with Crippen LogP contribution in [0.3, 0.4) is 0 Å². The topological polar surface area (TPSA) is 111 Å². The minimum atomic E-state index is -0.418. The van der Waals surface area contributed by atoms with Gasteiger partial charge in [0, 0.05) is 50.8 Å². The first-order chi connectivity index (χ1) is 17.9. The zero-order valence-corrected chi connectivity index (χ0v) is 22.2. The molecule has 0 saturated carbocycles. The summed E-state index contributed by atoms with van der Waals surface area (Å²) in [5.41, 5.74) is 3.24. The van der Waals surface area contributed by atoms with Gasteiger partial charge in [-0.3, -0.25) is 14.8 Å². The molecule has 4 heterocycles.